The van der Waals surface area contributed by atoms with Gasteiger partial charge in [-0.15, -0.1) is 0 Å². The summed E-state index contributed by atoms with van der Waals surface area (Å²) in [6, 6.07) is 20.0. The number of nitrogens with zero attached hydrogens (tertiary/aromatic N) is 1. The predicted octanol–water partition coefficient (Wildman–Crippen LogP) is 5.52. The average Bonchev–Trinajstić information content (AvgIpc) is 2.78. The largest absolute Gasteiger partial charge is 0.494 e. The molecule has 0 aliphatic rings. The zero-order chi connectivity index (χ0) is 22.1. The molecule has 0 aliphatic heterocycles. The quantitative estimate of drug-likeness (QED) is 0.447. The molecule has 1 N–H and O–H groups in total. The summed E-state index contributed by atoms with van der Waals surface area (Å²) in [5, 5.41) is 3.07. The summed E-state index contributed by atoms with van der Waals surface area (Å²) in [5.41, 5.74) is 2.20. The van der Waals surface area contributed by atoms with Crippen LogP contribution in [0.25, 0.3) is 0 Å². The number of aliphatic imine (C=N–C) groups is 1. The maximum atomic E-state index is 12.1. The molecule has 0 aromatic heterocycles. The highest BCUT2D eigenvalue weighted by molar-refractivity contribution is 6.32. The van der Waals surface area contributed by atoms with Gasteiger partial charge in [0.1, 0.15) is 5.75 Å². The van der Waals surface area contributed by atoms with Crippen molar-refractivity contribution in [1.29, 1.82) is 0 Å². The number of hydrogen-bond acceptors (Lipinski definition) is 5. The first kappa shape index (κ1) is 22.2. The van der Waals surface area contributed by atoms with Crippen molar-refractivity contribution >= 4 is 35.1 Å². The number of para-hydroxylation sites is 1. The molecule has 0 saturated carbocycles. The van der Waals surface area contributed by atoms with Crippen molar-refractivity contribution in [3.05, 3.63) is 77.3 Å². The lowest BCUT2D eigenvalue weighted by molar-refractivity contribution is -0.118. The summed E-state index contributed by atoms with van der Waals surface area (Å²) in [7, 11) is 1.51. The summed E-state index contributed by atoms with van der Waals surface area (Å²) in [6.07, 6.45) is 1.68. The molecule has 0 spiro atoms. The van der Waals surface area contributed by atoms with Gasteiger partial charge in [0.25, 0.3) is 5.91 Å². The Balaban J connectivity index is 1.67. The molecule has 31 heavy (non-hydrogen) atoms. The van der Waals surface area contributed by atoms with Gasteiger partial charge in [0.05, 0.1) is 24.4 Å². The van der Waals surface area contributed by atoms with E-state index in [-0.39, 0.29) is 12.5 Å². The van der Waals surface area contributed by atoms with Gasteiger partial charge in [0, 0.05) is 11.9 Å². The molecule has 0 bridgehead atoms. The van der Waals surface area contributed by atoms with Crippen LogP contribution in [0.5, 0.6) is 17.2 Å². The molecular weight excluding hydrogens is 416 g/mol. The van der Waals surface area contributed by atoms with Crippen molar-refractivity contribution in [2.75, 3.05) is 25.6 Å². The Hall–Kier alpha value is -3.51. The lowest BCUT2D eigenvalue weighted by Gasteiger charge is -2.13. The van der Waals surface area contributed by atoms with Crippen molar-refractivity contribution in [2.24, 2.45) is 4.99 Å². The van der Waals surface area contributed by atoms with Crippen LogP contribution in [0.3, 0.4) is 0 Å². The average molecular weight is 439 g/mol. The highest BCUT2D eigenvalue weighted by atomic mass is 35.5. The molecule has 0 radical (unpaired) electrons. The second-order valence-corrected chi connectivity index (χ2v) is 6.83. The molecule has 0 atom stereocenters. The molecule has 3 aromatic carbocycles. The third-order valence-corrected chi connectivity index (χ3v) is 4.45. The van der Waals surface area contributed by atoms with E-state index < -0.39 is 0 Å². The fourth-order valence-electron chi connectivity index (χ4n) is 2.75. The van der Waals surface area contributed by atoms with Gasteiger partial charge < -0.3 is 19.5 Å². The number of methoxy groups -OCH3 is 1. The minimum atomic E-state index is -0.301. The van der Waals surface area contributed by atoms with E-state index in [9.17, 15) is 4.79 Å². The van der Waals surface area contributed by atoms with Gasteiger partial charge >= 0.3 is 0 Å². The lowest BCUT2D eigenvalue weighted by Crippen LogP contribution is -2.20. The van der Waals surface area contributed by atoms with E-state index in [1.54, 1.807) is 30.5 Å². The van der Waals surface area contributed by atoms with Crippen molar-refractivity contribution in [1.82, 2.24) is 0 Å². The van der Waals surface area contributed by atoms with Gasteiger partial charge in [0.2, 0.25) is 0 Å². The number of benzene rings is 3. The lowest BCUT2D eigenvalue weighted by atomic mass is 10.2. The van der Waals surface area contributed by atoms with Crippen molar-refractivity contribution in [3.63, 3.8) is 0 Å². The van der Waals surface area contributed by atoms with E-state index in [1.165, 1.54) is 7.11 Å². The number of carbonyl (C=O) groups excluding carboxylic acids is 1. The van der Waals surface area contributed by atoms with Crippen molar-refractivity contribution in [3.8, 4) is 17.2 Å². The van der Waals surface area contributed by atoms with E-state index in [0.717, 1.165) is 17.0 Å². The molecule has 1 amide bonds. The second kappa shape index (κ2) is 11.0. The molecule has 3 rings (SSSR count). The van der Waals surface area contributed by atoms with Crippen LogP contribution < -0.4 is 19.5 Å². The number of rotatable bonds is 9. The molecule has 0 saturated heterocycles. The number of anilines is 1. The van der Waals surface area contributed by atoms with Crippen LogP contribution in [0.15, 0.2) is 71.7 Å². The predicted molar refractivity (Wildman–Crippen MR) is 123 cm³/mol. The first-order valence-corrected chi connectivity index (χ1v) is 10.1. The molecule has 0 aliphatic carbocycles. The first-order valence-electron chi connectivity index (χ1n) is 9.71. The number of amides is 1. The normalized spacial score (nSPS) is 10.7. The zero-order valence-electron chi connectivity index (χ0n) is 17.3. The van der Waals surface area contributed by atoms with Crippen molar-refractivity contribution in [2.45, 2.75) is 6.92 Å². The number of halogens is 1. The molecule has 7 heteroatoms. The van der Waals surface area contributed by atoms with Crippen LogP contribution >= 0.6 is 11.6 Å². The Labute approximate surface area is 186 Å². The van der Waals surface area contributed by atoms with E-state index in [0.29, 0.717) is 28.8 Å². The summed E-state index contributed by atoms with van der Waals surface area (Å²) in [5.74, 6) is 1.20. The number of hydrogen-bond donors (Lipinski definition) is 1. The molecule has 0 heterocycles. The highest BCUT2D eigenvalue weighted by Gasteiger charge is 2.13. The second-order valence-electron chi connectivity index (χ2n) is 6.42. The molecular formula is C24H23ClN2O4. The van der Waals surface area contributed by atoms with E-state index in [1.807, 2.05) is 49.4 Å². The molecule has 160 valence electrons. The Bertz CT molecular complexity index is 1040. The minimum Gasteiger partial charge on any atom is -0.494 e. The topological polar surface area (TPSA) is 69.2 Å². The summed E-state index contributed by atoms with van der Waals surface area (Å²) in [6.45, 7) is 2.35. The standard InChI is InChI=1S/C24H23ClN2O4/c1-3-30-20-11-9-18(10-12-20)26-15-17-13-21(25)24(22(14-17)29-2)31-16-23(28)27-19-7-5-4-6-8-19/h4-15H,3,16H2,1-2H3,(H,27,28). The number of carbonyl (C=O) groups is 1. The van der Waals surface area contributed by atoms with Crippen LogP contribution in [0.2, 0.25) is 5.02 Å². The van der Waals surface area contributed by atoms with Gasteiger partial charge in [-0.1, -0.05) is 29.8 Å². The first-order chi connectivity index (χ1) is 15.1. The summed E-state index contributed by atoms with van der Waals surface area (Å²) < 4.78 is 16.4. The number of ether oxygens (including phenoxy) is 3. The van der Waals surface area contributed by atoms with Crippen LogP contribution in [0, 0.1) is 0 Å². The van der Waals surface area contributed by atoms with E-state index in [2.05, 4.69) is 10.3 Å². The maximum absolute atomic E-state index is 12.1. The molecule has 6 nitrogen and oxygen atoms in total. The third-order valence-electron chi connectivity index (χ3n) is 4.17. The SMILES string of the molecule is CCOc1ccc(N=Cc2cc(Cl)c(OCC(=O)Nc3ccccc3)c(OC)c2)cc1. The fourth-order valence-corrected chi connectivity index (χ4v) is 3.03. The molecule has 0 unspecified atom stereocenters. The van der Waals surface area contributed by atoms with Crippen LogP contribution in [0.1, 0.15) is 12.5 Å². The van der Waals surface area contributed by atoms with Crippen LogP contribution in [-0.2, 0) is 4.79 Å². The van der Waals surface area contributed by atoms with Crippen molar-refractivity contribution < 1.29 is 19.0 Å². The Morgan fingerprint density at radius 2 is 1.81 bits per heavy atom. The molecule has 3 aromatic rings. The monoisotopic (exact) mass is 438 g/mol. The Morgan fingerprint density at radius 1 is 1.06 bits per heavy atom. The minimum absolute atomic E-state index is 0.204. The van der Waals surface area contributed by atoms with Gasteiger partial charge in [-0.3, -0.25) is 9.79 Å². The Morgan fingerprint density at radius 3 is 2.48 bits per heavy atom. The van der Waals surface area contributed by atoms with Crippen LogP contribution in [0.4, 0.5) is 11.4 Å². The number of nitrogens with one attached hydrogen (secondary N) is 1. The smallest absolute Gasteiger partial charge is 0.262 e. The zero-order valence-corrected chi connectivity index (χ0v) is 18.1. The third kappa shape index (κ3) is 6.49. The fraction of sp³-hybridized carbons (Fsp3) is 0.167. The van der Waals surface area contributed by atoms with E-state index >= 15 is 0 Å². The van der Waals surface area contributed by atoms with E-state index in [4.69, 9.17) is 25.8 Å². The highest BCUT2D eigenvalue weighted by Crippen LogP contribution is 2.36. The van der Waals surface area contributed by atoms with Crippen LogP contribution in [-0.4, -0.2) is 32.4 Å². The summed E-state index contributed by atoms with van der Waals surface area (Å²) in [4.78, 5) is 16.6. The summed E-state index contributed by atoms with van der Waals surface area (Å²) >= 11 is 6.38. The van der Waals surface area contributed by atoms with Gasteiger partial charge in [-0.25, -0.2) is 0 Å². The Kier molecular flexibility index (Phi) is 7.90. The van der Waals surface area contributed by atoms with Gasteiger partial charge in [-0.05, 0) is 61.0 Å². The molecule has 0 fully saturated rings. The van der Waals surface area contributed by atoms with Gasteiger partial charge in [0.15, 0.2) is 18.1 Å². The van der Waals surface area contributed by atoms with Gasteiger partial charge in [-0.2, -0.15) is 0 Å². The maximum Gasteiger partial charge on any atom is 0.262 e.